The third-order valence-corrected chi connectivity index (χ3v) is 4.85. The molecule has 5 heteroatoms. The van der Waals surface area contributed by atoms with Crippen LogP contribution in [0.5, 0.6) is 0 Å². The average molecular weight is 350 g/mol. The molecule has 0 amide bonds. The Labute approximate surface area is 130 Å². The van der Waals surface area contributed by atoms with Crippen LogP contribution < -0.4 is 5.73 Å². The van der Waals surface area contributed by atoms with E-state index in [1.54, 1.807) is 11.3 Å². The van der Waals surface area contributed by atoms with Crippen LogP contribution >= 0.6 is 27.3 Å². The van der Waals surface area contributed by atoms with Crippen molar-refractivity contribution in [3.8, 4) is 10.7 Å². The first kappa shape index (κ1) is 13.6. The van der Waals surface area contributed by atoms with Gasteiger partial charge in [-0.1, -0.05) is 22.9 Å². The quantitative estimate of drug-likeness (QED) is 0.735. The number of hydrogen-bond acceptors (Lipinski definition) is 3. The predicted molar refractivity (Wildman–Crippen MR) is 90.2 cm³/mol. The van der Waals surface area contributed by atoms with Gasteiger partial charge in [0.25, 0.3) is 0 Å². The smallest absolute Gasteiger partial charge is 0.151 e. The molecule has 0 saturated heterocycles. The largest absolute Gasteiger partial charge is 0.391 e. The van der Waals surface area contributed by atoms with Gasteiger partial charge in [0.15, 0.2) is 5.82 Å². The lowest BCUT2D eigenvalue weighted by Crippen LogP contribution is -1.99. The van der Waals surface area contributed by atoms with E-state index in [0.717, 1.165) is 33.8 Å². The summed E-state index contributed by atoms with van der Waals surface area (Å²) in [7, 11) is 0. The van der Waals surface area contributed by atoms with Crippen molar-refractivity contribution in [1.82, 2.24) is 9.55 Å². The topological polar surface area (TPSA) is 43.8 Å². The molecule has 0 saturated carbocycles. The molecule has 3 nitrogen and oxygen atoms in total. The number of benzene rings is 1. The van der Waals surface area contributed by atoms with Gasteiger partial charge in [0.2, 0.25) is 0 Å². The van der Waals surface area contributed by atoms with Gasteiger partial charge in [-0.05, 0) is 43.2 Å². The van der Waals surface area contributed by atoms with E-state index in [9.17, 15) is 0 Å². The second-order valence-electron chi connectivity index (χ2n) is 4.88. The lowest BCUT2D eigenvalue weighted by Gasteiger charge is -2.07. The number of nitrogen functional groups attached to an aromatic ring is 1. The summed E-state index contributed by atoms with van der Waals surface area (Å²) in [5, 5.41) is 0.841. The summed E-state index contributed by atoms with van der Waals surface area (Å²) < 4.78 is 3.35. The minimum Gasteiger partial charge on any atom is -0.391 e. The summed E-state index contributed by atoms with van der Waals surface area (Å²) >= 11 is 5.12. The number of nitrogens with two attached hydrogens (primary N) is 1. The molecule has 1 aromatic carbocycles. The second kappa shape index (κ2) is 5.22. The first-order valence-electron chi connectivity index (χ1n) is 6.62. The summed E-state index contributed by atoms with van der Waals surface area (Å²) in [5.74, 6) is 1.03. The molecule has 3 aromatic rings. The molecule has 0 aliphatic carbocycles. The summed E-state index contributed by atoms with van der Waals surface area (Å²) in [6.45, 7) is 5.24. The molecule has 104 valence electrons. The van der Waals surface area contributed by atoms with Crippen LogP contribution in [0, 0.1) is 6.92 Å². The predicted octanol–water partition coefficient (Wildman–Crippen LogP) is 4.83. The number of halogens is 1. The highest BCUT2D eigenvalue weighted by molar-refractivity contribution is 9.10. The number of aryl methyl sites for hydroxylation is 2. The van der Waals surface area contributed by atoms with Gasteiger partial charge >= 0.3 is 0 Å². The van der Waals surface area contributed by atoms with E-state index in [1.165, 1.54) is 16.0 Å². The lowest BCUT2D eigenvalue weighted by atomic mass is 10.2. The van der Waals surface area contributed by atoms with E-state index >= 15 is 0 Å². The molecule has 0 bridgehead atoms. The van der Waals surface area contributed by atoms with Gasteiger partial charge in [0.05, 0.1) is 20.9 Å². The Bertz CT molecular complexity index is 773. The van der Waals surface area contributed by atoms with Crippen molar-refractivity contribution in [3.63, 3.8) is 0 Å². The van der Waals surface area contributed by atoms with Crippen molar-refractivity contribution in [2.75, 3.05) is 5.73 Å². The monoisotopic (exact) mass is 349 g/mol. The van der Waals surface area contributed by atoms with Crippen LogP contribution in [0.4, 0.5) is 5.00 Å². The van der Waals surface area contributed by atoms with E-state index in [0.29, 0.717) is 0 Å². The summed E-state index contributed by atoms with van der Waals surface area (Å²) in [6.07, 6.45) is 1.08. The van der Waals surface area contributed by atoms with Gasteiger partial charge in [0, 0.05) is 11.0 Å². The number of hydrogen-bond donors (Lipinski definition) is 1. The van der Waals surface area contributed by atoms with E-state index < -0.39 is 0 Å². The summed E-state index contributed by atoms with van der Waals surface area (Å²) in [5.41, 5.74) is 9.33. The molecule has 2 heterocycles. The Kier molecular flexibility index (Phi) is 3.56. The molecule has 3 rings (SSSR count). The van der Waals surface area contributed by atoms with E-state index in [-0.39, 0.29) is 0 Å². The van der Waals surface area contributed by atoms with Crippen molar-refractivity contribution in [2.45, 2.75) is 26.8 Å². The Morgan fingerprint density at radius 3 is 2.80 bits per heavy atom. The van der Waals surface area contributed by atoms with Gasteiger partial charge in [-0.2, -0.15) is 0 Å². The molecular formula is C15H16BrN3S. The van der Waals surface area contributed by atoms with Crippen molar-refractivity contribution < 1.29 is 0 Å². The second-order valence-corrected chi connectivity index (χ2v) is 6.88. The highest BCUT2D eigenvalue weighted by Gasteiger charge is 2.16. The number of aromatic nitrogens is 2. The van der Waals surface area contributed by atoms with E-state index in [1.807, 2.05) is 6.07 Å². The highest BCUT2D eigenvalue weighted by atomic mass is 79.9. The Hall–Kier alpha value is -1.33. The zero-order chi connectivity index (χ0) is 14.3. The Morgan fingerprint density at radius 2 is 2.15 bits per heavy atom. The molecule has 0 radical (unpaired) electrons. The number of thiophene rings is 1. The molecule has 0 atom stereocenters. The van der Waals surface area contributed by atoms with Crippen LogP contribution in [-0.2, 0) is 6.54 Å². The maximum absolute atomic E-state index is 5.93. The van der Waals surface area contributed by atoms with Crippen LogP contribution in [0.25, 0.3) is 21.7 Å². The molecule has 0 aliphatic heterocycles. The van der Waals surface area contributed by atoms with Crippen LogP contribution in [-0.4, -0.2) is 9.55 Å². The maximum Gasteiger partial charge on any atom is 0.151 e. The average Bonchev–Trinajstić information content (AvgIpc) is 2.90. The normalized spacial score (nSPS) is 11.3. The fourth-order valence-corrected chi connectivity index (χ4v) is 3.74. The van der Waals surface area contributed by atoms with Crippen LogP contribution in [0.1, 0.15) is 18.9 Å². The molecule has 2 aromatic heterocycles. The Balaban J connectivity index is 2.28. The first-order valence-corrected chi connectivity index (χ1v) is 8.23. The number of fused-ring (bicyclic) bond motifs is 1. The molecule has 0 fully saturated rings. The van der Waals surface area contributed by atoms with Crippen molar-refractivity contribution >= 4 is 43.3 Å². The fraction of sp³-hybridized carbons (Fsp3) is 0.267. The zero-order valence-electron chi connectivity index (χ0n) is 11.5. The van der Waals surface area contributed by atoms with Gasteiger partial charge in [-0.25, -0.2) is 4.98 Å². The van der Waals surface area contributed by atoms with Crippen LogP contribution in [0.2, 0.25) is 0 Å². The van der Waals surface area contributed by atoms with Crippen molar-refractivity contribution in [2.24, 2.45) is 0 Å². The number of nitrogens with zero attached hydrogens (tertiary/aromatic N) is 2. The molecule has 0 aliphatic rings. The van der Waals surface area contributed by atoms with Gasteiger partial charge < -0.3 is 10.3 Å². The van der Waals surface area contributed by atoms with Gasteiger partial charge in [0.1, 0.15) is 0 Å². The minimum absolute atomic E-state index is 0.841. The van der Waals surface area contributed by atoms with E-state index in [4.69, 9.17) is 10.7 Å². The molecule has 2 N–H and O–H groups in total. The van der Waals surface area contributed by atoms with Crippen LogP contribution in [0.3, 0.4) is 0 Å². The molecule has 0 spiro atoms. The lowest BCUT2D eigenvalue weighted by molar-refractivity contribution is 0.705. The highest BCUT2D eigenvalue weighted by Crippen LogP contribution is 2.35. The van der Waals surface area contributed by atoms with Gasteiger partial charge in [-0.3, -0.25) is 0 Å². The SMILES string of the molecule is CCCn1c(-c2sc(N)cc2C)nc2cc(Br)ccc21. The maximum atomic E-state index is 5.93. The first-order chi connectivity index (χ1) is 9.60. The Morgan fingerprint density at radius 1 is 1.35 bits per heavy atom. The number of rotatable bonds is 3. The molecule has 20 heavy (non-hydrogen) atoms. The number of imidazole rings is 1. The molecule has 0 unspecified atom stereocenters. The zero-order valence-corrected chi connectivity index (χ0v) is 13.9. The third-order valence-electron chi connectivity index (χ3n) is 3.30. The number of anilines is 1. The standard InChI is InChI=1S/C15H16BrN3S/c1-3-6-19-12-5-4-10(16)8-11(12)18-15(19)14-9(2)7-13(17)20-14/h4-5,7-8H,3,6,17H2,1-2H3. The third kappa shape index (κ3) is 2.25. The minimum atomic E-state index is 0.841. The summed E-state index contributed by atoms with van der Waals surface area (Å²) in [6, 6.07) is 8.27. The van der Waals surface area contributed by atoms with E-state index in [2.05, 4.69) is 52.5 Å². The summed E-state index contributed by atoms with van der Waals surface area (Å²) in [4.78, 5) is 5.99. The molecular weight excluding hydrogens is 334 g/mol. The fourth-order valence-electron chi connectivity index (χ4n) is 2.45. The van der Waals surface area contributed by atoms with Gasteiger partial charge in [-0.15, -0.1) is 11.3 Å². The van der Waals surface area contributed by atoms with Crippen molar-refractivity contribution in [1.29, 1.82) is 0 Å². The van der Waals surface area contributed by atoms with Crippen molar-refractivity contribution in [3.05, 3.63) is 34.3 Å². The van der Waals surface area contributed by atoms with Crippen LogP contribution in [0.15, 0.2) is 28.7 Å².